The number of imidazole rings is 1. The molecule has 5 heteroatoms. The van der Waals surface area contributed by atoms with Gasteiger partial charge >= 0.3 is 0 Å². The molecule has 1 aromatic carbocycles. The quantitative estimate of drug-likeness (QED) is 0.879. The summed E-state index contributed by atoms with van der Waals surface area (Å²) in [7, 11) is 1.59. The van der Waals surface area contributed by atoms with Gasteiger partial charge in [-0.2, -0.15) is 0 Å². The fourth-order valence-electron chi connectivity index (χ4n) is 1.96. The van der Waals surface area contributed by atoms with Crippen molar-refractivity contribution in [1.82, 2.24) is 9.55 Å². The standard InChI is InChI=1S/C15H20N2O3/c1-11(18)13-4-5-14(15(10-13)19-3)20-9-8-17-7-6-16-12(17)2/h4-7,10-11,18H,8-9H2,1-3H3. The van der Waals surface area contributed by atoms with Crippen LogP contribution in [0.4, 0.5) is 0 Å². The predicted molar refractivity (Wildman–Crippen MR) is 76.1 cm³/mol. The minimum absolute atomic E-state index is 0.522. The Morgan fingerprint density at radius 1 is 1.35 bits per heavy atom. The van der Waals surface area contributed by atoms with Crippen molar-refractivity contribution in [3.8, 4) is 11.5 Å². The lowest BCUT2D eigenvalue weighted by molar-refractivity contribution is 0.198. The number of aliphatic hydroxyl groups excluding tert-OH is 1. The second kappa shape index (κ2) is 6.43. The fourth-order valence-corrected chi connectivity index (χ4v) is 1.96. The molecule has 1 aromatic heterocycles. The maximum Gasteiger partial charge on any atom is 0.161 e. The number of benzene rings is 1. The van der Waals surface area contributed by atoms with Crippen LogP contribution in [0.5, 0.6) is 11.5 Å². The van der Waals surface area contributed by atoms with Crippen molar-refractivity contribution in [1.29, 1.82) is 0 Å². The highest BCUT2D eigenvalue weighted by Crippen LogP contribution is 2.30. The molecule has 2 aromatic rings. The van der Waals surface area contributed by atoms with Crippen molar-refractivity contribution < 1.29 is 14.6 Å². The number of rotatable bonds is 6. The van der Waals surface area contributed by atoms with Gasteiger partial charge in [0.2, 0.25) is 0 Å². The summed E-state index contributed by atoms with van der Waals surface area (Å²) >= 11 is 0. The Morgan fingerprint density at radius 3 is 2.75 bits per heavy atom. The van der Waals surface area contributed by atoms with E-state index in [0.717, 1.165) is 17.9 Å². The molecule has 0 aliphatic carbocycles. The van der Waals surface area contributed by atoms with Crippen molar-refractivity contribution in [3.63, 3.8) is 0 Å². The molecule has 1 heterocycles. The highest BCUT2D eigenvalue weighted by Gasteiger charge is 2.09. The molecule has 0 radical (unpaired) electrons. The predicted octanol–water partition coefficient (Wildman–Crippen LogP) is 2.33. The zero-order chi connectivity index (χ0) is 14.5. The largest absolute Gasteiger partial charge is 0.493 e. The van der Waals surface area contributed by atoms with E-state index in [0.29, 0.717) is 18.1 Å². The van der Waals surface area contributed by atoms with Crippen LogP contribution >= 0.6 is 0 Å². The van der Waals surface area contributed by atoms with Crippen molar-refractivity contribution in [3.05, 3.63) is 42.0 Å². The number of aryl methyl sites for hydroxylation is 1. The molecule has 20 heavy (non-hydrogen) atoms. The number of hydrogen-bond donors (Lipinski definition) is 1. The molecule has 1 atom stereocenters. The third-order valence-electron chi connectivity index (χ3n) is 3.18. The highest BCUT2D eigenvalue weighted by atomic mass is 16.5. The lowest BCUT2D eigenvalue weighted by Crippen LogP contribution is -2.09. The van der Waals surface area contributed by atoms with Gasteiger partial charge in [0, 0.05) is 12.4 Å². The molecule has 1 unspecified atom stereocenters. The molecule has 0 fully saturated rings. The summed E-state index contributed by atoms with van der Waals surface area (Å²) < 4.78 is 13.1. The lowest BCUT2D eigenvalue weighted by Gasteiger charge is -2.13. The third-order valence-corrected chi connectivity index (χ3v) is 3.18. The average Bonchev–Trinajstić information content (AvgIpc) is 2.84. The van der Waals surface area contributed by atoms with Gasteiger partial charge in [0.05, 0.1) is 19.8 Å². The average molecular weight is 276 g/mol. The molecule has 0 spiro atoms. The number of methoxy groups -OCH3 is 1. The summed E-state index contributed by atoms with van der Waals surface area (Å²) in [6, 6.07) is 5.45. The van der Waals surface area contributed by atoms with Crippen LogP contribution in [0, 0.1) is 6.92 Å². The minimum Gasteiger partial charge on any atom is -0.493 e. The van der Waals surface area contributed by atoms with Gasteiger partial charge in [-0.1, -0.05) is 6.07 Å². The molecular formula is C15H20N2O3. The van der Waals surface area contributed by atoms with E-state index in [9.17, 15) is 5.11 Å². The Bertz CT molecular complexity index is 564. The van der Waals surface area contributed by atoms with E-state index in [1.807, 2.05) is 29.8 Å². The first-order chi connectivity index (χ1) is 9.61. The first-order valence-corrected chi connectivity index (χ1v) is 6.58. The minimum atomic E-state index is -0.522. The molecule has 0 aliphatic heterocycles. The van der Waals surface area contributed by atoms with Gasteiger partial charge in [0.25, 0.3) is 0 Å². The summed E-state index contributed by atoms with van der Waals surface area (Å²) in [5, 5.41) is 9.56. The number of ether oxygens (including phenoxy) is 2. The molecule has 0 saturated carbocycles. The van der Waals surface area contributed by atoms with Crippen LogP contribution in [-0.2, 0) is 6.54 Å². The SMILES string of the molecule is COc1cc(C(C)O)ccc1OCCn1ccnc1C. The van der Waals surface area contributed by atoms with E-state index in [4.69, 9.17) is 9.47 Å². The monoisotopic (exact) mass is 276 g/mol. The Balaban J connectivity index is 2.00. The Kier molecular flexibility index (Phi) is 4.63. The summed E-state index contributed by atoms with van der Waals surface area (Å²) in [6.45, 7) is 4.93. The maximum absolute atomic E-state index is 9.56. The van der Waals surface area contributed by atoms with Gasteiger partial charge in [0.1, 0.15) is 12.4 Å². The van der Waals surface area contributed by atoms with Gasteiger partial charge < -0.3 is 19.1 Å². The van der Waals surface area contributed by atoms with Crippen LogP contribution in [0.15, 0.2) is 30.6 Å². The van der Waals surface area contributed by atoms with Crippen molar-refractivity contribution in [2.45, 2.75) is 26.5 Å². The Morgan fingerprint density at radius 2 is 2.15 bits per heavy atom. The van der Waals surface area contributed by atoms with E-state index >= 15 is 0 Å². The molecule has 1 N–H and O–H groups in total. The highest BCUT2D eigenvalue weighted by molar-refractivity contribution is 5.43. The van der Waals surface area contributed by atoms with Crippen molar-refractivity contribution in [2.75, 3.05) is 13.7 Å². The molecule has 5 nitrogen and oxygen atoms in total. The van der Waals surface area contributed by atoms with E-state index in [2.05, 4.69) is 4.98 Å². The number of hydrogen-bond acceptors (Lipinski definition) is 4. The molecule has 0 amide bonds. The van der Waals surface area contributed by atoms with Crippen LogP contribution in [0.3, 0.4) is 0 Å². The number of aromatic nitrogens is 2. The van der Waals surface area contributed by atoms with Crippen LogP contribution in [-0.4, -0.2) is 28.4 Å². The van der Waals surface area contributed by atoms with E-state index in [1.165, 1.54) is 0 Å². The summed E-state index contributed by atoms with van der Waals surface area (Å²) in [4.78, 5) is 4.16. The molecule has 2 rings (SSSR count). The molecule has 0 saturated heterocycles. The maximum atomic E-state index is 9.56. The van der Waals surface area contributed by atoms with Crippen molar-refractivity contribution in [2.24, 2.45) is 0 Å². The zero-order valence-corrected chi connectivity index (χ0v) is 12.0. The van der Waals surface area contributed by atoms with Gasteiger partial charge in [0.15, 0.2) is 11.5 Å². The number of nitrogens with zero attached hydrogens (tertiary/aromatic N) is 2. The first kappa shape index (κ1) is 14.4. The van der Waals surface area contributed by atoms with Gasteiger partial charge in [-0.25, -0.2) is 4.98 Å². The first-order valence-electron chi connectivity index (χ1n) is 6.58. The van der Waals surface area contributed by atoms with Crippen LogP contribution in [0.2, 0.25) is 0 Å². The second-order valence-electron chi connectivity index (χ2n) is 4.60. The summed E-state index contributed by atoms with van der Waals surface area (Å²) in [6.07, 6.45) is 3.17. The molecular weight excluding hydrogens is 256 g/mol. The van der Waals surface area contributed by atoms with Crippen LogP contribution < -0.4 is 9.47 Å². The zero-order valence-electron chi connectivity index (χ0n) is 12.0. The Hall–Kier alpha value is -2.01. The topological polar surface area (TPSA) is 56.5 Å². The number of aliphatic hydroxyl groups is 1. The third kappa shape index (κ3) is 3.30. The fraction of sp³-hybridized carbons (Fsp3) is 0.400. The lowest BCUT2D eigenvalue weighted by atomic mass is 10.1. The molecule has 108 valence electrons. The second-order valence-corrected chi connectivity index (χ2v) is 4.60. The molecule has 0 aliphatic rings. The van der Waals surface area contributed by atoms with Crippen molar-refractivity contribution >= 4 is 0 Å². The summed E-state index contributed by atoms with van der Waals surface area (Å²) in [5.41, 5.74) is 0.805. The van der Waals surface area contributed by atoms with Crippen LogP contribution in [0.25, 0.3) is 0 Å². The van der Waals surface area contributed by atoms with Gasteiger partial charge in [-0.15, -0.1) is 0 Å². The van der Waals surface area contributed by atoms with E-state index < -0.39 is 6.10 Å². The van der Waals surface area contributed by atoms with E-state index in [-0.39, 0.29) is 0 Å². The Labute approximate surface area is 118 Å². The summed E-state index contributed by atoms with van der Waals surface area (Å²) in [5.74, 6) is 2.27. The smallest absolute Gasteiger partial charge is 0.161 e. The molecule has 0 bridgehead atoms. The van der Waals surface area contributed by atoms with Gasteiger partial charge in [-0.05, 0) is 31.5 Å². The van der Waals surface area contributed by atoms with Crippen LogP contribution in [0.1, 0.15) is 24.4 Å². The van der Waals surface area contributed by atoms with E-state index in [1.54, 1.807) is 26.3 Å². The van der Waals surface area contributed by atoms with Gasteiger partial charge in [-0.3, -0.25) is 0 Å². The normalized spacial score (nSPS) is 12.2.